The van der Waals surface area contributed by atoms with Gasteiger partial charge in [-0.25, -0.2) is 0 Å². The third-order valence-electron chi connectivity index (χ3n) is 1.60. The summed E-state index contributed by atoms with van der Waals surface area (Å²) in [4.78, 5) is 0. The number of hydrogen-bond acceptors (Lipinski definition) is 3. The highest BCUT2D eigenvalue weighted by molar-refractivity contribution is 7.87. The summed E-state index contributed by atoms with van der Waals surface area (Å²) in [6.45, 7) is 2.01. The van der Waals surface area contributed by atoms with Gasteiger partial charge in [-0.2, -0.15) is 17.4 Å². The van der Waals surface area contributed by atoms with Crippen molar-refractivity contribution in [2.24, 2.45) is 0 Å². The lowest BCUT2D eigenvalue weighted by atomic mass is 10.2. The highest BCUT2D eigenvalue weighted by Crippen LogP contribution is 1.96. The van der Waals surface area contributed by atoms with E-state index in [-0.39, 0.29) is 6.54 Å². The van der Waals surface area contributed by atoms with Crippen molar-refractivity contribution in [3.05, 3.63) is 0 Å². The molecule has 0 radical (unpaired) electrons. The number of nitrogens with zero attached hydrogens (tertiary/aromatic N) is 1. The van der Waals surface area contributed by atoms with Crippen LogP contribution in [0, 0.1) is 0 Å². The van der Waals surface area contributed by atoms with Crippen LogP contribution in [-0.4, -0.2) is 44.6 Å². The van der Waals surface area contributed by atoms with Crippen LogP contribution in [0.5, 0.6) is 0 Å². The Bertz CT molecular complexity index is 226. The molecular weight excluding hydrogens is 192 g/mol. The van der Waals surface area contributed by atoms with Crippen LogP contribution in [0.25, 0.3) is 0 Å². The SMILES string of the molecule is CCCC(O)CNS(=O)(=O)N(C)C. The Hall–Kier alpha value is -0.170. The van der Waals surface area contributed by atoms with E-state index in [1.165, 1.54) is 14.1 Å². The van der Waals surface area contributed by atoms with Gasteiger partial charge >= 0.3 is 0 Å². The molecule has 1 atom stereocenters. The number of aliphatic hydroxyl groups excluding tert-OH is 1. The van der Waals surface area contributed by atoms with Gasteiger partial charge < -0.3 is 5.11 Å². The fourth-order valence-corrected chi connectivity index (χ4v) is 1.43. The summed E-state index contributed by atoms with van der Waals surface area (Å²) < 4.78 is 25.7. The molecule has 0 aromatic heterocycles. The van der Waals surface area contributed by atoms with Gasteiger partial charge in [-0.05, 0) is 6.42 Å². The Morgan fingerprint density at radius 2 is 2.00 bits per heavy atom. The zero-order chi connectivity index (χ0) is 10.5. The van der Waals surface area contributed by atoms with E-state index in [1.54, 1.807) is 0 Å². The molecule has 0 aliphatic heterocycles. The second-order valence-corrected chi connectivity index (χ2v) is 5.05. The first kappa shape index (κ1) is 12.8. The zero-order valence-electron chi connectivity index (χ0n) is 8.32. The van der Waals surface area contributed by atoms with E-state index in [2.05, 4.69) is 4.72 Å². The monoisotopic (exact) mass is 210 g/mol. The molecule has 80 valence electrons. The minimum absolute atomic E-state index is 0.0777. The molecule has 0 saturated heterocycles. The van der Waals surface area contributed by atoms with Gasteiger partial charge in [0.15, 0.2) is 0 Å². The van der Waals surface area contributed by atoms with E-state index in [0.29, 0.717) is 6.42 Å². The quantitative estimate of drug-likeness (QED) is 0.623. The van der Waals surface area contributed by atoms with Crippen molar-refractivity contribution in [2.75, 3.05) is 20.6 Å². The van der Waals surface area contributed by atoms with E-state index in [1.807, 2.05) is 6.92 Å². The van der Waals surface area contributed by atoms with Crippen LogP contribution in [0.15, 0.2) is 0 Å². The molecule has 6 heteroatoms. The van der Waals surface area contributed by atoms with Gasteiger partial charge in [0, 0.05) is 20.6 Å². The molecule has 0 saturated carbocycles. The average Bonchev–Trinajstić information content (AvgIpc) is 2.01. The topological polar surface area (TPSA) is 69.6 Å². The van der Waals surface area contributed by atoms with Gasteiger partial charge in [-0.15, -0.1) is 0 Å². The molecule has 0 spiro atoms. The van der Waals surface area contributed by atoms with Gasteiger partial charge in [0.2, 0.25) is 0 Å². The molecule has 0 bridgehead atoms. The molecule has 2 N–H and O–H groups in total. The van der Waals surface area contributed by atoms with Gasteiger partial charge in [-0.3, -0.25) is 0 Å². The number of rotatable bonds is 6. The molecule has 0 heterocycles. The summed E-state index contributed by atoms with van der Waals surface area (Å²) in [5, 5.41) is 9.25. The average molecular weight is 210 g/mol. The van der Waals surface area contributed by atoms with Crippen LogP contribution >= 0.6 is 0 Å². The normalized spacial score (nSPS) is 14.8. The zero-order valence-corrected chi connectivity index (χ0v) is 9.13. The minimum Gasteiger partial charge on any atom is -0.392 e. The molecule has 0 aliphatic carbocycles. The fraction of sp³-hybridized carbons (Fsp3) is 1.00. The molecule has 0 fully saturated rings. The van der Waals surface area contributed by atoms with Crippen molar-refractivity contribution in [1.29, 1.82) is 0 Å². The summed E-state index contributed by atoms with van der Waals surface area (Å²) >= 11 is 0. The Labute approximate surface area is 79.9 Å². The van der Waals surface area contributed by atoms with E-state index in [9.17, 15) is 13.5 Å². The molecule has 0 amide bonds. The molecule has 0 rings (SSSR count). The first-order valence-electron chi connectivity index (χ1n) is 4.25. The Balaban J connectivity index is 3.89. The fourth-order valence-electron chi connectivity index (χ4n) is 0.766. The number of aliphatic hydroxyl groups is 1. The third-order valence-corrected chi connectivity index (χ3v) is 3.10. The van der Waals surface area contributed by atoms with Gasteiger partial charge in [0.1, 0.15) is 0 Å². The highest BCUT2D eigenvalue weighted by Gasteiger charge is 2.14. The van der Waals surface area contributed by atoms with Crippen LogP contribution in [0.2, 0.25) is 0 Å². The molecule has 0 aliphatic rings. The van der Waals surface area contributed by atoms with Crippen molar-refractivity contribution >= 4 is 10.2 Å². The van der Waals surface area contributed by atoms with Gasteiger partial charge in [0.25, 0.3) is 10.2 Å². The number of nitrogens with one attached hydrogen (secondary N) is 1. The summed E-state index contributed by atoms with van der Waals surface area (Å²) in [7, 11) is -0.510. The van der Waals surface area contributed by atoms with Crippen LogP contribution in [-0.2, 0) is 10.2 Å². The van der Waals surface area contributed by atoms with E-state index >= 15 is 0 Å². The second-order valence-electron chi connectivity index (χ2n) is 3.08. The lowest BCUT2D eigenvalue weighted by Crippen LogP contribution is -2.39. The molecular formula is C7H18N2O3S. The summed E-state index contributed by atoms with van der Waals surface area (Å²) in [6.07, 6.45) is 0.848. The van der Waals surface area contributed by atoms with E-state index < -0.39 is 16.3 Å². The maximum absolute atomic E-state index is 11.1. The Morgan fingerprint density at radius 1 is 1.46 bits per heavy atom. The van der Waals surface area contributed by atoms with Gasteiger partial charge in [-0.1, -0.05) is 13.3 Å². The minimum atomic E-state index is -3.39. The molecule has 13 heavy (non-hydrogen) atoms. The van der Waals surface area contributed by atoms with Gasteiger partial charge in [0.05, 0.1) is 6.10 Å². The van der Waals surface area contributed by atoms with Crippen molar-refractivity contribution in [3.63, 3.8) is 0 Å². The van der Waals surface area contributed by atoms with Crippen LogP contribution < -0.4 is 4.72 Å². The second kappa shape index (κ2) is 5.54. The first-order valence-corrected chi connectivity index (χ1v) is 5.69. The van der Waals surface area contributed by atoms with Crippen molar-refractivity contribution in [1.82, 2.24) is 9.03 Å². The maximum Gasteiger partial charge on any atom is 0.279 e. The largest absolute Gasteiger partial charge is 0.392 e. The molecule has 0 aromatic rings. The Morgan fingerprint density at radius 3 is 2.38 bits per heavy atom. The predicted molar refractivity (Wildman–Crippen MR) is 51.5 cm³/mol. The molecule has 1 unspecified atom stereocenters. The Kier molecular flexibility index (Phi) is 5.46. The highest BCUT2D eigenvalue weighted by atomic mass is 32.2. The lowest BCUT2D eigenvalue weighted by Gasteiger charge is -2.14. The lowest BCUT2D eigenvalue weighted by molar-refractivity contribution is 0.167. The number of hydrogen-bond donors (Lipinski definition) is 2. The van der Waals surface area contributed by atoms with Crippen LogP contribution in [0.1, 0.15) is 19.8 Å². The van der Waals surface area contributed by atoms with Crippen LogP contribution in [0.3, 0.4) is 0 Å². The van der Waals surface area contributed by atoms with Crippen molar-refractivity contribution in [3.8, 4) is 0 Å². The summed E-state index contributed by atoms with van der Waals surface area (Å²) in [6, 6.07) is 0. The summed E-state index contributed by atoms with van der Waals surface area (Å²) in [5.74, 6) is 0. The van der Waals surface area contributed by atoms with Crippen molar-refractivity contribution in [2.45, 2.75) is 25.9 Å². The third kappa shape index (κ3) is 5.20. The van der Waals surface area contributed by atoms with E-state index in [0.717, 1.165) is 10.7 Å². The molecule has 0 aromatic carbocycles. The smallest absolute Gasteiger partial charge is 0.279 e. The van der Waals surface area contributed by atoms with E-state index in [4.69, 9.17) is 0 Å². The maximum atomic E-state index is 11.1. The first-order chi connectivity index (χ1) is 5.90. The standard InChI is InChI=1S/C7H18N2O3S/c1-4-5-7(10)6-8-13(11,12)9(2)3/h7-8,10H,4-6H2,1-3H3. The molecule has 5 nitrogen and oxygen atoms in total. The van der Waals surface area contributed by atoms with Crippen LogP contribution in [0.4, 0.5) is 0 Å². The predicted octanol–water partition coefficient (Wildman–Crippen LogP) is -0.457. The summed E-state index contributed by atoms with van der Waals surface area (Å²) in [5.41, 5.74) is 0. The van der Waals surface area contributed by atoms with Crippen molar-refractivity contribution < 1.29 is 13.5 Å².